The van der Waals surface area contributed by atoms with Crippen LogP contribution in [0.2, 0.25) is 0 Å². The second kappa shape index (κ2) is 8.51. The van der Waals surface area contributed by atoms with Crippen LogP contribution >= 0.6 is 0 Å². The molecule has 8 heteroatoms. The molecule has 0 spiro atoms. The van der Waals surface area contributed by atoms with Gasteiger partial charge < -0.3 is 15.1 Å². The highest BCUT2D eigenvalue weighted by molar-refractivity contribution is 7.91. The van der Waals surface area contributed by atoms with Gasteiger partial charge in [-0.05, 0) is 43.9 Å². The number of sulfone groups is 1. The molecule has 2 aliphatic rings. The fourth-order valence-electron chi connectivity index (χ4n) is 3.88. The van der Waals surface area contributed by atoms with E-state index in [4.69, 9.17) is 0 Å². The first-order valence-corrected chi connectivity index (χ1v) is 11.9. The molecule has 0 aromatic heterocycles. The molecule has 3 rings (SSSR count). The Morgan fingerprint density at radius 3 is 2.68 bits per heavy atom. The zero-order valence-corrected chi connectivity index (χ0v) is 17.4. The van der Waals surface area contributed by atoms with Crippen LogP contribution in [0.15, 0.2) is 24.3 Å². The van der Waals surface area contributed by atoms with Crippen molar-refractivity contribution < 1.29 is 18.0 Å². The molecule has 2 fully saturated rings. The third-order valence-corrected chi connectivity index (χ3v) is 7.21. The average Bonchev–Trinajstić information content (AvgIpc) is 2.91. The van der Waals surface area contributed by atoms with E-state index in [1.165, 1.54) is 6.26 Å². The normalized spacial score (nSPS) is 22.1. The van der Waals surface area contributed by atoms with Crippen LogP contribution < -0.4 is 10.2 Å². The van der Waals surface area contributed by atoms with Crippen molar-refractivity contribution in [2.24, 2.45) is 0 Å². The third kappa shape index (κ3) is 4.84. The van der Waals surface area contributed by atoms with Crippen LogP contribution in [0.5, 0.6) is 0 Å². The molecule has 0 aliphatic carbocycles. The number of benzene rings is 1. The van der Waals surface area contributed by atoms with Gasteiger partial charge in [0.1, 0.15) is 0 Å². The van der Waals surface area contributed by atoms with Crippen molar-refractivity contribution >= 4 is 27.5 Å². The summed E-state index contributed by atoms with van der Waals surface area (Å²) >= 11 is 0. The van der Waals surface area contributed by atoms with Crippen molar-refractivity contribution in [3.8, 4) is 0 Å². The van der Waals surface area contributed by atoms with Crippen LogP contribution in [0.1, 0.15) is 50.6 Å². The molecular weight excluding hydrogens is 378 g/mol. The molecule has 1 aromatic rings. The number of carbonyl (C=O) groups excluding carboxylic acids is 2. The second-order valence-corrected chi connectivity index (χ2v) is 10.1. The van der Waals surface area contributed by atoms with E-state index in [2.05, 4.69) is 5.32 Å². The van der Waals surface area contributed by atoms with Gasteiger partial charge in [0.05, 0.1) is 11.3 Å². The summed E-state index contributed by atoms with van der Waals surface area (Å²) in [4.78, 5) is 28.1. The topological polar surface area (TPSA) is 86.8 Å². The summed E-state index contributed by atoms with van der Waals surface area (Å²) in [5.74, 6) is 0.130. The van der Waals surface area contributed by atoms with E-state index in [0.29, 0.717) is 19.4 Å². The molecule has 2 unspecified atom stereocenters. The van der Waals surface area contributed by atoms with Gasteiger partial charge in [0.2, 0.25) is 5.91 Å². The molecule has 1 N–H and O–H groups in total. The van der Waals surface area contributed by atoms with Crippen LogP contribution in [0.4, 0.5) is 10.5 Å². The summed E-state index contributed by atoms with van der Waals surface area (Å²) in [6.07, 6.45) is 4.90. The Kier molecular flexibility index (Phi) is 6.27. The molecule has 7 nitrogen and oxygen atoms in total. The van der Waals surface area contributed by atoms with E-state index >= 15 is 0 Å². The van der Waals surface area contributed by atoms with E-state index in [-0.39, 0.29) is 24.5 Å². The van der Waals surface area contributed by atoms with Crippen molar-refractivity contribution in [3.05, 3.63) is 29.8 Å². The number of nitrogens with one attached hydrogen (secondary N) is 1. The number of carbonyl (C=O) groups is 2. The van der Waals surface area contributed by atoms with E-state index < -0.39 is 15.1 Å². The fourth-order valence-corrected chi connectivity index (χ4v) is 4.93. The number of nitrogens with zero attached hydrogens (tertiary/aromatic N) is 2. The number of anilines is 1. The molecule has 0 saturated carbocycles. The van der Waals surface area contributed by atoms with E-state index in [0.717, 1.165) is 37.1 Å². The smallest absolute Gasteiger partial charge is 0.317 e. The van der Waals surface area contributed by atoms with Gasteiger partial charge in [-0.1, -0.05) is 18.6 Å². The second-order valence-electron chi connectivity index (χ2n) is 7.81. The van der Waals surface area contributed by atoms with E-state index in [1.807, 2.05) is 31.2 Å². The van der Waals surface area contributed by atoms with Crippen LogP contribution in [0, 0.1) is 0 Å². The van der Waals surface area contributed by atoms with Crippen molar-refractivity contribution in [1.29, 1.82) is 0 Å². The summed E-state index contributed by atoms with van der Waals surface area (Å²) < 4.78 is 23.9. The molecule has 0 bridgehead atoms. The Morgan fingerprint density at radius 2 is 2.00 bits per heavy atom. The number of hydrogen-bond donors (Lipinski definition) is 1. The number of rotatable bonds is 4. The minimum Gasteiger partial charge on any atom is -0.331 e. The largest absolute Gasteiger partial charge is 0.331 e. The SMILES string of the molecule is CC(NC(=O)N1CCCCC(S(C)(=O)=O)C1)c1cccc(N2CCCC2=O)c1. The minimum atomic E-state index is -3.18. The Morgan fingerprint density at radius 1 is 1.21 bits per heavy atom. The zero-order chi connectivity index (χ0) is 20.3. The van der Waals surface area contributed by atoms with Crippen molar-refractivity contribution in [3.63, 3.8) is 0 Å². The highest BCUT2D eigenvalue weighted by atomic mass is 32.2. The van der Waals surface area contributed by atoms with E-state index in [1.54, 1.807) is 9.80 Å². The molecule has 1 aromatic carbocycles. The first-order valence-electron chi connectivity index (χ1n) is 9.90. The number of amides is 3. The molecule has 2 saturated heterocycles. The van der Waals surface area contributed by atoms with Crippen molar-refractivity contribution in [2.45, 2.75) is 50.3 Å². The molecule has 2 heterocycles. The maximum atomic E-state index is 12.8. The first kappa shape index (κ1) is 20.6. The Bertz CT molecular complexity index is 840. The van der Waals surface area contributed by atoms with Crippen molar-refractivity contribution in [2.75, 3.05) is 30.8 Å². The number of hydrogen-bond acceptors (Lipinski definition) is 4. The molecule has 154 valence electrons. The van der Waals surface area contributed by atoms with Crippen LogP contribution in [-0.2, 0) is 14.6 Å². The highest BCUT2D eigenvalue weighted by Crippen LogP contribution is 2.25. The quantitative estimate of drug-likeness (QED) is 0.831. The molecular formula is C20H29N3O4S. The summed E-state index contributed by atoms with van der Waals surface area (Å²) in [5.41, 5.74) is 1.77. The summed E-state index contributed by atoms with van der Waals surface area (Å²) in [6.45, 7) is 3.42. The van der Waals surface area contributed by atoms with Crippen LogP contribution in [0.3, 0.4) is 0 Å². The molecule has 2 atom stereocenters. The molecule has 2 aliphatic heterocycles. The van der Waals surface area contributed by atoms with E-state index in [9.17, 15) is 18.0 Å². The monoisotopic (exact) mass is 407 g/mol. The Balaban J connectivity index is 1.67. The zero-order valence-electron chi connectivity index (χ0n) is 16.6. The van der Waals surface area contributed by atoms with Gasteiger partial charge in [0.25, 0.3) is 0 Å². The van der Waals surface area contributed by atoms with Gasteiger partial charge in [0.15, 0.2) is 9.84 Å². The lowest BCUT2D eigenvalue weighted by molar-refractivity contribution is -0.117. The van der Waals surface area contributed by atoms with Gasteiger partial charge in [0, 0.05) is 38.0 Å². The van der Waals surface area contributed by atoms with Gasteiger partial charge in [-0.2, -0.15) is 0 Å². The average molecular weight is 408 g/mol. The first-order chi connectivity index (χ1) is 13.3. The standard InChI is InChI=1S/C20H29N3O4S/c1-15(16-7-5-8-17(13-16)23-12-6-10-19(23)24)21-20(25)22-11-4-3-9-18(14-22)28(2,26)27/h5,7-8,13,15,18H,3-4,6,9-12,14H2,1-2H3,(H,21,25). The Labute approximate surface area is 167 Å². The van der Waals surface area contributed by atoms with Gasteiger partial charge in [-0.3, -0.25) is 4.79 Å². The maximum Gasteiger partial charge on any atom is 0.317 e. The van der Waals surface area contributed by atoms with Gasteiger partial charge >= 0.3 is 6.03 Å². The fraction of sp³-hybridized carbons (Fsp3) is 0.600. The van der Waals surface area contributed by atoms with Crippen LogP contribution in [0.25, 0.3) is 0 Å². The lowest BCUT2D eigenvalue weighted by atomic mass is 10.1. The Hall–Kier alpha value is -2.09. The molecule has 0 radical (unpaired) electrons. The van der Waals surface area contributed by atoms with Crippen molar-refractivity contribution in [1.82, 2.24) is 10.2 Å². The number of urea groups is 1. The molecule has 28 heavy (non-hydrogen) atoms. The predicted octanol–water partition coefficient (Wildman–Crippen LogP) is 2.48. The maximum absolute atomic E-state index is 12.8. The summed E-state index contributed by atoms with van der Waals surface area (Å²) in [7, 11) is -3.18. The highest BCUT2D eigenvalue weighted by Gasteiger charge is 2.29. The lowest BCUT2D eigenvalue weighted by Gasteiger charge is -2.26. The van der Waals surface area contributed by atoms with Gasteiger partial charge in [-0.15, -0.1) is 0 Å². The third-order valence-electron chi connectivity index (χ3n) is 5.62. The summed E-state index contributed by atoms with van der Waals surface area (Å²) in [6, 6.07) is 7.18. The number of likely N-dealkylation sites (tertiary alicyclic amines) is 1. The van der Waals surface area contributed by atoms with Crippen LogP contribution in [-0.4, -0.2) is 56.4 Å². The lowest BCUT2D eigenvalue weighted by Crippen LogP contribution is -2.45. The summed E-state index contributed by atoms with van der Waals surface area (Å²) in [5, 5.41) is 2.48. The predicted molar refractivity (Wildman–Crippen MR) is 109 cm³/mol. The minimum absolute atomic E-state index is 0.130. The van der Waals surface area contributed by atoms with Gasteiger partial charge in [-0.25, -0.2) is 13.2 Å². The molecule has 3 amide bonds.